The summed E-state index contributed by atoms with van der Waals surface area (Å²) >= 11 is 0. The number of rotatable bonds is 5. The zero-order valence-corrected chi connectivity index (χ0v) is 17.9. The number of hydrogen-bond acceptors (Lipinski definition) is 5. The van der Waals surface area contributed by atoms with Crippen LogP contribution in [0.3, 0.4) is 0 Å². The molecule has 3 aromatic carbocycles. The summed E-state index contributed by atoms with van der Waals surface area (Å²) in [6, 6.07) is 16.0. The van der Waals surface area contributed by atoms with Gasteiger partial charge in [0, 0.05) is 17.5 Å². The Morgan fingerprint density at radius 1 is 0.875 bits per heavy atom. The lowest BCUT2D eigenvalue weighted by atomic mass is 10.0. The van der Waals surface area contributed by atoms with Gasteiger partial charge in [0.2, 0.25) is 0 Å². The number of benzene rings is 3. The minimum atomic E-state index is -4.39. The molecule has 0 aliphatic carbocycles. The van der Waals surface area contributed by atoms with E-state index < -0.39 is 15.9 Å². The van der Waals surface area contributed by atoms with E-state index in [1.54, 1.807) is 24.3 Å². The minimum Gasteiger partial charge on any atom is -0.497 e. The molecule has 164 valence electrons. The molecule has 9 heteroatoms. The zero-order chi connectivity index (χ0) is 23.0. The van der Waals surface area contributed by atoms with Crippen molar-refractivity contribution in [1.29, 1.82) is 0 Å². The summed E-state index contributed by atoms with van der Waals surface area (Å²) in [5.74, 6) is 0.254. The first-order valence-corrected chi connectivity index (χ1v) is 10.8. The summed E-state index contributed by atoms with van der Waals surface area (Å²) in [5.41, 5.74) is 1.67. The van der Waals surface area contributed by atoms with Gasteiger partial charge in [0.15, 0.2) is 0 Å². The van der Waals surface area contributed by atoms with Gasteiger partial charge in [0.1, 0.15) is 17.3 Å². The Labute approximate surface area is 183 Å². The van der Waals surface area contributed by atoms with E-state index in [0.29, 0.717) is 39.2 Å². The molecule has 0 fully saturated rings. The second-order valence-corrected chi connectivity index (χ2v) is 8.39. The fourth-order valence-electron chi connectivity index (χ4n) is 3.52. The Morgan fingerprint density at radius 3 is 2.34 bits per heavy atom. The van der Waals surface area contributed by atoms with Crippen molar-refractivity contribution < 1.29 is 26.8 Å². The van der Waals surface area contributed by atoms with Crippen molar-refractivity contribution in [3.63, 3.8) is 0 Å². The van der Waals surface area contributed by atoms with Crippen molar-refractivity contribution >= 4 is 21.0 Å². The molecule has 1 heterocycles. The van der Waals surface area contributed by atoms with Gasteiger partial charge in [0.25, 0.3) is 15.7 Å². The van der Waals surface area contributed by atoms with Crippen molar-refractivity contribution in [2.45, 2.75) is 4.90 Å². The molecule has 0 bridgehead atoms. The minimum absolute atomic E-state index is 0.280. The van der Waals surface area contributed by atoms with E-state index in [4.69, 9.17) is 9.47 Å². The van der Waals surface area contributed by atoms with E-state index >= 15 is 0 Å². The first-order chi connectivity index (χ1) is 15.2. The van der Waals surface area contributed by atoms with Crippen LogP contribution in [0.1, 0.15) is 0 Å². The summed E-state index contributed by atoms with van der Waals surface area (Å²) in [6.07, 6.45) is 0. The predicted octanol–water partition coefficient (Wildman–Crippen LogP) is 4.06. The summed E-state index contributed by atoms with van der Waals surface area (Å²) in [5, 5.41) is 0.431. The van der Waals surface area contributed by atoms with Gasteiger partial charge in [-0.15, -0.1) is 0 Å². The van der Waals surface area contributed by atoms with Crippen LogP contribution in [-0.2, 0) is 10.1 Å². The maximum absolute atomic E-state index is 14.0. The average Bonchev–Trinajstić information content (AvgIpc) is 2.77. The van der Waals surface area contributed by atoms with Gasteiger partial charge < -0.3 is 9.47 Å². The van der Waals surface area contributed by atoms with Crippen LogP contribution >= 0.6 is 0 Å². The quantitative estimate of drug-likeness (QED) is 0.456. The van der Waals surface area contributed by atoms with Crippen LogP contribution in [0.15, 0.2) is 76.4 Å². The normalized spacial score (nSPS) is 11.5. The van der Waals surface area contributed by atoms with Gasteiger partial charge in [-0.25, -0.2) is 4.39 Å². The summed E-state index contributed by atoms with van der Waals surface area (Å²) in [7, 11) is -1.50. The molecule has 0 saturated heterocycles. The molecular weight excluding hydrogens is 437 g/mol. The topological polar surface area (TPSA) is 94.8 Å². The second-order valence-electron chi connectivity index (χ2n) is 6.97. The molecule has 0 unspecified atom stereocenters. The van der Waals surface area contributed by atoms with Gasteiger partial charge >= 0.3 is 0 Å². The predicted molar refractivity (Wildman–Crippen MR) is 118 cm³/mol. The monoisotopic (exact) mass is 455 g/mol. The number of halogens is 1. The van der Waals surface area contributed by atoms with Crippen LogP contribution in [-0.4, -0.2) is 31.8 Å². The number of fused-ring (bicyclic) bond motifs is 1. The van der Waals surface area contributed by atoms with Gasteiger partial charge in [0.05, 0.1) is 30.3 Å². The maximum Gasteiger partial charge on any atom is 0.294 e. The van der Waals surface area contributed by atoms with E-state index in [-0.39, 0.29) is 10.5 Å². The van der Waals surface area contributed by atoms with Gasteiger partial charge in [-0.2, -0.15) is 8.42 Å². The van der Waals surface area contributed by atoms with Crippen LogP contribution < -0.4 is 15.0 Å². The molecule has 0 aliphatic rings. The van der Waals surface area contributed by atoms with Crippen LogP contribution in [0.25, 0.3) is 27.7 Å². The molecule has 7 nitrogen and oxygen atoms in total. The number of aromatic nitrogens is 1. The third-order valence-corrected chi connectivity index (χ3v) is 5.87. The lowest BCUT2D eigenvalue weighted by Crippen LogP contribution is -2.18. The Kier molecular flexibility index (Phi) is 5.45. The first kappa shape index (κ1) is 21.5. The highest BCUT2D eigenvalue weighted by Crippen LogP contribution is 2.33. The van der Waals surface area contributed by atoms with Crippen molar-refractivity contribution in [3.8, 4) is 28.3 Å². The average molecular weight is 455 g/mol. The van der Waals surface area contributed by atoms with Crippen LogP contribution in [0.4, 0.5) is 4.39 Å². The molecule has 4 rings (SSSR count). The molecule has 0 atom stereocenters. The molecule has 1 N–H and O–H groups in total. The van der Waals surface area contributed by atoms with Crippen LogP contribution in [0.5, 0.6) is 11.5 Å². The van der Waals surface area contributed by atoms with E-state index in [0.717, 1.165) is 0 Å². The van der Waals surface area contributed by atoms with Crippen molar-refractivity contribution in [2.75, 3.05) is 14.2 Å². The highest BCUT2D eigenvalue weighted by Gasteiger charge is 2.16. The van der Waals surface area contributed by atoms with Gasteiger partial charge in [-0.1, -0.05) is 6.07 Å². The third kappa shape index (κ3) is 3.95. The number of pyridine rings is 1. The SMILES string of the molecule is COc1cc(F)cc(-c2ccc(-n3c(=O)ccc4cc(S(=O)(=O)O)ccc43)c(OC)c2)c1. The highest BCUT2D eigenvalue weighted by molar-refractivity contribution is 7.85. The van der Waals surface area contributed by atoms with E-state index in [1.165, 1.54) is 61.3 Å². The largest absolute Gasteiger partial charge is 0.497 e. The first-order valence-electron chi connectivity index (χ1n) is 9.38. The summed E-state index contributed by atoms with van der Waals surface area (Å²) in [4.78, 5) is 12.5. The van der Waals surface area contributed by atoms with E-state index in [1.807, 2.05) is 0 Å². The Bertz CT molecular complexity index is 1510. The molecule has 0 amide bonds. The standard InChI is InChI=1S/C23H18FNO6S/c1-30-18-10-16(9-17(24)13-18)14-3-6-21(22(12-14)31-2)25-20-7-5-19(32(27,28)29)11-15(20)4-8-23(25)26/h3-13H,1-2H3,(H,27,28,29). The van der Waals surface area contributed by atoms with E-state index in [2.05, 4.69) is 0 Å². The highest BCUT2D eigenvalue weighted by atomic mass is 32.2. The van der Waals surface area contributed by atoms with Crippen molar-refractivity contribution in [2.24, 2.45) is 0 Å². The third-order valence-electron chi connectivity index (χ3n) is 5.02. The number of methoxy groups -OCH3 is 2. The smallest absolute Gasteiger partial charge is 0.294 e. The summed E-state index contributed by atoms with van der Waals surface area (Å²) < 4.78 is 58.2. The Balaban J connectivity index is 1.91. The molecule has 1 aromatic heterocycles. The molecule has 0 saturated carbocycles. The Morgan fingerprint density at radius 2 is 1.66 bits per heavy atom. The fraction of sp³-hybridized carbons (Fsp3) is 0.0870. The fourth-order valence-corrected chi connectivity index (χ4v) is 4.04. The zero-order valence-electron chi connectivity index (χ0n) is 17.1. The molecule has 4 aromatic rings. The van der Waals surface area contributed by atoms with Gasteiger partial charge in [-0.05, 0) is 59.7 Å². The lowest BCUT2D eigenvalue weighted by Gasteiger charge is -2.16. The van der Waals surface area contributed by atoms with Gasteiger partial charge in [-0.3, -0.25) is 13.9 Å². The molecule has 0 spiro atoms. The molecule has 32 heavy (non-hydrogen) atoms. The molecule has 0 aliphatic heterocycles. The number of hydrogen-bond donors (Lipinski definition) is 1. The van der Waals surface area contributed by atoms with Crippen LogP contribution in [0.2, 0.25) is 0 Å². The lowest BCUT2D eigenvalue weighted by molar-refractivity contribution is 0.411. The molecule has 0 radical (unpaired) electrons. The summed E-state index contributed by atoms with van der Waals surface area (Å²) in [6.45, 7) is 0. The number of ether oxygens (including phenoxy) is 2. The second kappa shape index (κ2) is 8.10. The maximum atomic E-state index is 14.0. The Hall–Kier alpha value is -3.69. The van der Waals surface area contributed by atoms with E-state index in [9.17, 15) is 22.2 Å². The van der Waals surface area contributed by atoms with Crippen LogP contribution in [0, 0.1) is 5.82 Å². The number of nitrogens with zero attached hydrogens (tertiary/aromatic N) is 1. The molecular formula is C23H18FNO6S. The van der Waals surface area contributed by atoms with Crippen molar-refractivity contribution in [1.82, 2.24) is 4.57 Å². The van der Waals surface area contributed by atoms with Crippen molar-refractivity contribution in [3.05, 3.63) is 82.9 Å².